The van der Waals surface area contributed by atoms with Crippen molar-refractivity contribution in [2.24, 2.45) is 5.16 Å². The molecule has 1 aromatic rings. The van der Waals surface area contributed by atoms with Crippen LogP contribution in [0.25, 0.3) is 0 Å². The summed E-state index contributed by atoms with van der Waals surface area (Å²) in [4.78, 5) is 11.4. The first-order chi connectivity index (χ1) is 8.28. The van der Waals surface area contributed by atoms with Crippen LogP contribution in [0.2, 0.25) is 0 Å². The summed E-state index contributed by atoms with van der Waals surface area (Å²) in [6, 6.07) is 2.06. The van der Waals surface area contributed by atoms with Crippen molar-refractivity contribution in [3.63, 3.8) is 0 Å². The van der Waals surface area contributed by atoms with E-state index in [1.54, 1.807) is 13.3 Å². The molecule has 1 aliphatic heterocycles. The first-order valence-electron chi connectivity index (χ1n) is 5.87. The predicted molar refractivity (Wildman–Crippen MR) is 68.3 cm³/mol. The lowest BCUT2D eigenvalue weighted by molar-refractivity contribution is 0.211. The molecule has 0 bridgehead atoms. The number of rotatable bonds is 3. The highest BCUT2D eigenvalue weighted by Crippen LogP contribution is 2.43. The van der Waals surface area contributed by atoms with Crippen molar-refractivity contribution in [2.45, 2.75) is 18.8 Å². The normalized spacial score (nSPS) is 18.9. The summed E-state index contributed by atoms with van der Waals surface area (Å²) in [6.45, 7) is 1.62. The molecule has 1 aliphatic carbocycles. The fraction of sp³-hybridized carbons (Fsp3) is 0.500. The molecule has 5 heteroatoms. The van der Waals surface area contributed by atoms with E-state index in [2.05, 4.69) is 21.1 Å². The lowest BCUT2D eigenvalue weighted by Crippen LogP contribution is -2.48. The quantitative estimate of drug-likeness (QED) is 0.559. The Bertz CT molecular complexity index is 463. The van der Waals surface area contributed by atoms with Gasteiger partial charge in [-0.25, -0.2) is 4.98 Å². The Morgan fingerprint density at radius 1 is 1.47 bits per heavy atom. The van der Waals surface area contributed by atoms with Gasteiger partial charge < -0.3 is 9.74 Å². The van der Waals surface area contributed by atoms with Crippen LogP contribution in [0, 0.1) is 0 Å². The third-order valence-corrected chi connectivity index (χ3v) is 3.20. The van der Waals surface area contributed by atoms with Crippen LogP contribution in [-0.2, 0) is 4.84 Å². The van der Waals surface area contributed by atoms with E-state index in [0.717, 1.165) is 30.1 Å². The number of oxime groups is 1. The number of pyridine rings is 1. The highest BCUT2D eigenvalue weighted by Gasteiger charge is 2.32. The molecule has 86 valence electrons. The van der Waals surface area contributed by atoms with Crippen LogP contribution >= 0.6 is 0 Å². The fourth-order valence-electron chi connectivity index (χ4n) is 2.18. The SMILES string of the molecule is [B]c1cnc(N2CC(=NOC)C2)c(C2CC2)c1. The van der Waals surface area contributed by atoms with Crippen molar-refractivity contribution in [1.82, 2.24) is 4.98 Å². The number of nitrogens with zero attached hydrogens (tertiary/aromatic N) is 3. The summed E-state index contributed by atoms with van der Waals surface area (Å²) >= 11 is 0. The average Bonchev–Trinajstić information content (AvgIpc) is 3.07. The molecule has 3 rings (SSSR count). The van der Waals surface area contributed by atoms with Gasteiger partial charge in [0.2, 0.25) is 0 Å². The second-order valence-electron chi connectivity index (χ2n) is 4.65. The maximum atomic E-state index is 5.80. The van der Waals surface area contributed by atoms with Gasteiger partial charge in [-0.1, -0.05) is 16.7 Å². The lowest BCUT2D eigenvalue weighted by atomic mass is 9.95. The van der Waals surface area contributed by atoms with E-state index in [9.17, 15) is 0 Å². The molecule has 1 saturated carbocycles. The summed E-state index contributed by atoms with van der Waals surface area (Å²) in [5.41, 5.74) is 3.11. The molecule has 4 nitrogen and oxygen atoms in total. The van der Waals surface area contributed by atoms with Gasteiger partial charge in [-0.3, -0.25) is 0 Å². The minimum Gasteiger partial charge on any atom is -0.399 e. The fourth-order valence-corrected chi connectivity index (χ4v) is 2.18. The zero-order valence-corrected chi connectivity index (χ0v) is 9.89. The number of hydrogen-bond donors (Lipinski definition) is 0. The van der Waals surface area contributed by atoms with Crippen molar-refractivity contribution in [1.29, 1.82) is 0 Å². The molecule has 0 N–H and O–H groups in total. The van der Waals surface area contributed by atoms with Gasteiger partial charge in [0.25, 0.3) is 0 Å². The van der Waals surface area contributed by atoms with Crippen LogP contribution in [0.1, 0.15) is 24.3 Å². The van der Waals surface area contributed by atoms with Crippen molar-refractivity contribution < 1.29 is 4.84 Å². The molecule has 1 aromatic heterocycles. The zero-order chi connectivity index (χ0) is 11.8. The third-order valence-electron chi connectivity index (χ3n) is 3.20. The molecule has 0 unspecified atom stereocenters. The van der Waals surface area contributed by atoms with Gasteiger partial charge >= 0.3 is 0 Å². The maximum absolute atomic E-state index is 5.80. The van der Waals surface area contributed by atoms with E-state index in [-0.39, 0.29) is 0 Å². The molecule has 2 radical (unpaired) electrons. The van der Waals surface area contributed by atoms with E-state index in [1.165, 1.54) is 18.4 Å². The van der Waals surface area contributed by atoms with Crippen LogP contribution in [0.3, 0.4) is 0 Å². The number of anilines is 1. The van der Waals surface area contributed by atoms with Crippen LogP contribution < -0.4 is 10.4 Å². The molecule has 2 aliphatic rings. The Morgan fingerprint density at radius 3 is 2.88 bits per heavy atom. The molecule has 2 fully saturated rings. The molecule has 0 amide bonds. The second kappa shape index (κ2) is 4.06. The van der Waals surface area contributed by atoms with E-state index < -0.39 is 0 Å². The van der Waals surface area contributed by atoms with Gasteiger partial charge in [-0.2, -0.15) is 0 Å². The van der Waals surface area contributed by atoms with Crippen LogP contribution in [0.4, 0.5) is 5.82 Å². The van der Waals surface area contributed by atoms with Crippen molar-refractivity contribution >= 4 is 24.8 Å². The lowest BCUT2D eigenvalue weighted by Gasteiger charge is -2.34. The van der Waals surface area contributed by atoms with Crippen LogP contribution in [-0.4, -0.2) is 38.7 Å². The summed E-state index contributed by atoms with van der Waals surface area (Å²) in [5.74, 6) is 1.72. The van der Waals surface area contributed by atoms with Crippen molar-refractivity contribution in [3.8, 4) is 0 Å². The Labute approximate surface area is 102 Å². The van der Waals surface area contributed by atoms with Gasteiger partial charge in [-0.15, -0.1) is 0 Å². The first kappa shape index (κ1) is 10.6. The second-order valence-corrected chi connectivity index (χ2v) is 4.65. The summed E-state index contributed by atoms with van der Waals surface area (Å²) in [5, 5.41) is 3.94. The Morgan fingerprint density at radius 2 is 2.24 bits per heavy atom. The highest BCUT2D eigenvalue weighted by atomic mass is 16.6. The summed E-state index contributed by atoms with van der Waals surface area (Å²) < 4.78 is 0. The average molecular weight is 227 g/mol. The first-order valence-corrected chi connectivity index (χ1v) is 5.87. The minimum atomic E-state index is 0.657. The topological polar surface area (TPSA) is 37.7 Å². The number of hydrogen-bond acceptors (Lipinski definition) is 4. The number of aromatic nitrogens is 1. The smallest absolute Gasteiger partial charge is 0.132 e. The van der Waals surface area contributed by atoms with Gasteiger partial charge in [0.05, 0.1) is 18.8 Å². The maximum Gasteiger partial charge on any atom is 0.132 e. The minimum absolute atomic E-state index is 0.657. The molecule has 0 atom stereocenters. The standard InChI is InChI=1S/C12H14BN3O/c1-17-15-10-6-16(7-10)12-11(8-2-3-8)4-9(13)5-14-12/h4-5,8H,2-3,6-7H2,1H3. The monoisotopic (exact) mass is 227 g/mol. The predicted octanol–water partition coefficient (Wildman–Crippen LogP) is 0.575. The van der Waals surface area contributed by atoms with Crippen molar-refractivity contribution in [3.05, 3.63) is 17.8 Å². The Balaban J connectivity index is 1.81. The van der Waals surface area contributed by atoms with Crippen LogP contribution in [0.5, 0.6) is 0 Å². The van der Waals surface area contributed by atoms with Gasteiger partial charge in [0.15, 0.2) is 0 Å². The Kier molecular flexibility index (Phi) is 2.54. The molecule has 0 aromatic carbocycles. The largest absolute Gasteiger partial charge is 0.399 e. The van der Waals surface area contributed by atoms with E-state index >= 15 is 0 Å². The molecular formula is C12H14BN3O. The van der Waals surface area contributed by atoms with Gasteiger partial charge in [-0.05, 0) is 24.3 Å². The summed E-state index contributed by atoms with van der Waals surface area (Å²) in [6.07, 6.45) is 4.24. The molecule has 2 heterocycles. The Hall–Kier alpha value is -1.52. The van der Waals surface area contributed by atoms with Gasteiger partial charge in [0, 0.05) is 6.20 Å². The van der Waals surface area contributed by atoms with Crippen molar-refractivity contribution in [2.75, 3.05) is 25.1 Å². The molecular weight excluding hydrogens is 213 g/mol. The molecule has 0 spiro atoms. The van der Waals surface area contributed by atoms with E-state index in [0.29, 0.717) is 5.92 Å². The van der Waals surface area contributed by atoms with Crippen LogP contribution in [0.15, 0.2) is 17.4 Å². The van der Waals surface area contributed by atoms with Gasteiger partial charge in [0.1, 0.15) is 20.8 Å². The summed E-state index contributed by atoms with van der Waals surface area (Å²) in [7, 11) is 7.38. The van der Waals surface area contributed by atoms with E-state index in [4.69, 9.17) is 12.7 Å². The molecule has 1 saturated heterocycles. The zero-order valence-electron chi connectivity index (χ0n) is 9.89. The highest BCUT2D eigenvalue weighted by molar-refractivity contribution is 6.32. The molecule has 17 heavy (non-hydrogen) atoms. The van der Waals surface area contributed by atoms with E-state index in [1.807, 2.05) is 0 Å². The third kappa shape index (κ3) is 2.01.